The Morgan fingerprint density at radius 2 is 2.00 bits per heavy atom. The number of aryl methyl sites for hydroxylation is 2. The molecule has 8 nitrogen and oxygen atoms in total. The third kappa shape index (κ3) is 5.11. The minimum Gasteiger partial charge on any atom is -0.495 e. The highest BCUT2D eigenvalue weighted by atomic mass is 19.1. The lowest BCUT2D eigenvalue weighted by molar-refractivity contribution is 0.228. The molecular formula is C27H30FN5O3. The van der Waals surface area contributed by atoms with Crippen LogP contribution in [0.1, 0.15) is 25.1 Å². The zero-order valence-electron chi connectivity index (χ0n) is 21.4. The summed E-state index contributed by atoms with van der Waals surface area (Å²) in [5.74, 6) is -0.538. The Balaban J connectivity index is 2.22. The number of allylic oxidation sites excluding steroid dienone is 3. The van der Waals surface area contributed by atoms with Gasteiger partial charge < -0.3 is 9.47 Å². The zero-order chi connectivity index (χ0) is 26.4. The first-order valence-electron chi connectivity index (χ1n) is 11.3. The van der Waals surface area contributed by atoms with E-state index in [2.05, 4.69) is 21.5 Å². The number of aliphatic imine (C=N–C) groups is 1. The van der Waals surface area contributed by atoms with Gasteiger partial charge in [0, 0.05) is 38.2 Å². The number of fused-ring (bicyclic) bond motifs is 1. The van der Waals surface area contributed by atoms with E-state index in [0.29, 0.717) is 22.3 Å². The smallest absolute Gasteiger partial charge is 0.334 e. The first-order chi connectivity index (χ1) is 17.3. The summed E-state index contributed by atoms with van der Waals surface area (Å²) in [6, 6.07) is 1.19. The van der Waals surface area contributed by atoms with Gasteiger partial charge in [0.2, 0.25) is 0 Å². The van der Waals surface area contributed by atoms with Gasteiger partial charge in [0.25, 0.3) is 0 Å². The molecule has 0 N–H and O–H groups in total. The summed E-state index contributed by atoms with van der Waals surface area (Å²) in [6.07, 6.45) is 12.0. The third-order valence-electron chi connectivity index (χ3n) is 5.72. The maximum Gasteiger partial charge on any atom is 0.334 e. The van der Waals surface area contributed by atoms with E-state index < -0.39 is 11.5 Å². The highest BCUT2D eigenvalue weighted by molar-refractivity contribution is 5.89. The van der Waals surface area contributed by atoms with Gasteiger partial charge in [0.05, 0.1) is 42.8 Å². The van der Waals surface area contributed by atoms with Crippen LogP contribution in [0, 0.1) is 12.7 Å². The summed E-state index contributed by atoms with van der Waals surface area (Å²) in [4.78, 5) is 26.1. The summed E-state index contributed by atoms with van der Waals surface area (Å²) >= 11 is 0. The lowest BCUT2D eigenvalue weighted by Crippen LogP contribution is -2.22. The lowest BCUT2D eigenvalue weighted by Gasteiger charge is -2.13. The molecule has 0 atom stereocenters. The van der Waals surface area contributed by atoms with Crippen molar-refractivity contribution in [3.05, 3.63) is 87.7 Å². The molecular weight excluding hydrogens is 461 g/mol. The standard InChI is InChI=1S/C27H30FN5O3/c1-8-10-29-13-19(9-2)17(3)20(16-35-6)11-23-18(4)25-24(15-30-23)32(5)27(34)33(25)26-22(28)12-21(36-7)14-31-26/h8-15H,3,16H2,1-2,4-7H3/b10-8+,19-9+,20-11-,29-13+. The Hall–Kier alpha value is -4.11. The lowest BCUT2D eigenvalue weighted by atomic mass is 9.98. The molecule has 9 heteroatoms. The van der Waals surface area contributed by atoms with E-state index in [4.69, 9.17) is 9.47 Å². The van der Waals surface area contributed by atoms with E-state index in [9.17, 15) is 9.18 Å². The van der Waals surface area contributed by atoms with E-state index >= 15 is 0 Å². The van der Waals surface area contributed by atoms with Crippen LogP contribution < -0.4 is 10.4 Å². The van der Waals surface area contributed by atoms with Gasteiger partial charge in [-0.2, -0.15) is 0 Å². The SMILES string of the molecule is C=C(C(=C/C)/C=N/C=C/C)/C(=C\c1ncc2c(c1C)n(-c1ncc(OC)cc1F)c(=O)n2C)COC. The van der Waals surface area contributed by atoms with Crippen LogP contribution >= 0.6 is 0 Å². The molecule has 3 heterocycles. The number of nitrogens with zero attached hydrogens (tertiary/aromatic N) is 5. The van der Waals surface area contributed by atoms with E-state index in [-0.39, 0.29) is 18.2 Å². The molecule has 36 heavy (non-hydrogen) atoms. The highest BCUT2D eigenvalue weighted by Gasteiger charge is 2.21. The van der Waals surface area contributed by atoms with Crippen LogP contribution in [0.3, 0.4) is 0 Å². The van der Waals surface area contributed by atoms with Gasteiger partial charge in [0.15, 0.2) is 11.6 Å². The van der Waals surface area contributed by atoms with Crippen molar-refractivity contribution in [3.8, 4) is 11.6 Å². The molecule has 0 aliphatic rings. The highest BCUT2D eigenvalue weighted by Crippen LogP contribution is 2.27. The fraction of sp³-hybridized carbons (Fsp3) is 0.259. The number of aromatic nitrogens is 4. The maximum atomic E-state index is 15.0. The Kier molecular flexibility index (Phi) is 8.50. The molecule has 0 aliphatic heterocycles. The summed E-state index contributed by atoms with van der Waals surface area (Å²) in [5.41, 5.74) is 4.21. The number of methoxy groups -OCH3 is 2. The fourth-order valence-electron chi connectivity index (χ4n) is 3.77. The molecule has 0 unspecified atom stereocenters. The average Bonchev–Trinajstić information content (AvgIpc) is 3.13. The number of imidazole rings is 1. The molecule has 0 bridgehead atoms. The largest absolute Gasteiger partial charge is 0.495 e. The van der Waals surface area contributed by atoms with Crippen molar-refractivity contribution in [2.24, 2.45) is 12.0 Å². The van der Waals surface area contributed by atoms with Crippen molar-refractivity contribution >= 4 is 23.3 Å². The molecule has 0 radical (unpaired) electrons. The first kappa shape index (κ1) is 26.5. The minimum atomic E-state index is -0.677. The number of hydrogen-bond donors (Lipinski definition) is 0. The Morgan fingerprint density at radius 3 is 2.61 bits per heavy atom. The molecule has 0 spiro atoms. The van der Waals surface area contributed by atoms with Crippen molar-refractivity contribution in [3.63, 3.8) is 0 Å². The summed E-state index contributed by atoms with van der Waals surface area (Å²) < 4.78 is 28.1. The topological polar surface area (TPSA) is 83.5 Å². The van der Waals surface area contributed by atoms with Gasteiger partial charge >= 0.3 is 5.69 Å². The fourth-order valence-corrected chi connectivity index (χ4v) is 3.77. The molecule has 0 aliphatic carbocycles. The average molecular weight is 492 g/mol. The van der Waals surface area contributed by atoms with E-state index in [1.54, 1.807) is 32.8 Å². The van der Waals surface area contributed by atoms with Crippen molar-refractivity contribution in [1.82, 2.24) is 19.1 Å². The van der Waals surface area contributed by atoms with Gasteiger partial charge in [0.1, 0.15) is 5.75 Å². The van der Waals surface area contributed by atoms with Crippen molar-refractivity contribution in [2.75, 3.05) is 20.8 Å². The molecule has 0 saturated heterocycles. The second-order valence-electron chi connectivity index (χ2n) is 7.95. The zero-order valence-corrected chi connectivity index (χ0v) is 21.4. The molecule has 3 rings (SSSR count). The van der Waals surface area contributed by atoms with Crippen LogP contribution in [0.5, 0.6) is 5.75 Å². The molecule has 0 fully saturated rings. The molecule has 0 amide bonds. The Bertz CT molecular complexity index is 1470. The van der Waals surface area contributed by atoms with Crippen molar-refractivity contribution < 1.29 is 13.9 Å². The molecule has 188 valence electrons. The Labute approximate surface area is 209 Å². The van der Waals surface area contributed by atoms with E-state index in [1.807, 2.05) is 39.0 Å². The normalized spacial score (nSPS) is 12.9. The van der Waals surface area contributed by atoms with Crippen LogP contribution in [0.15, 0.2) is 69.9 Å². The molecule has 0 aromatic carbocycles. The number of halogens is 1. The number of pyridine rings is 2. The molecule has 3 aromatic heterocycles. The maximum absolute atomic E-state index is 15.0. The minimum absolute atomic E-state index is 0.117. The van der Waals surface area contributed by atoms with E-state index in [1.165, 1.54) is 28.5 Å². The summed E-state index contributed by atoms with van der Waals surface area (Å²) in [7, 11) is 4.63. The second-order valence-corrected chi connectivity index (χ2v) is 7.95. The number of hydrogen-bond acceptors (Lipinski definition) is 6. The van der Waals surface area contributed by atoms with Crippen molar-refractivity contribution in [1.29, 1.82) is 0 Å². The van der Waals surface area contributed by atoms with Gasteiger partial charge in [-0.15, -0.1) is 0 Å². The first-order valence-corrected chi connectivity index (χ1v) is 11.3. The van der Waals surface area contributed by atoms with Crippen LogP contribution in [0.2, 0.25) is 0 Å². The van der Waals surface area contributed by atoms with Crippen LogP contribution in [-0.4, -0.2) is 46.1 Å². The van der Waals surface area contributed by atoms with Crippen LogP contribution in [-0.2, 0) is 11.8 Å². The second kappa shape index (κ2) is 11.5. The van der Waals surface area contributed by atoms with Crippen LogP contribution in [0.25, 0.3) is 22.9 Å². The van der Waals surface area contributed by atoms with Gasteiger partial charge in [-0.05, 0) is 43.6 Å². The van der Waals surface area contributed by atoms with Gasteiger partial charge in [-0.3, -0.25) is 14.5 Å². The number of ether oxygens (including phenoxy) is 2. The predicted octanol–water partition coefficient (Wildman–Crippen LogP) is 4.71. The molecule has 3 aromatic rings. The summed E-state index contributed by atoms with van der Waals surface area (Å²) in [6.45, 7) is 10.1. The van der Waals surface area contributed by atoms with Crippen LogP contribution in [0.4, 0.5) is 4.39 Å². The molecule has 0 saturated carbocycles. The summed E-state index contributed by atoms with van der Waals surface area (Å²) in [5, 5.41) is 0. The Morgan fingerprint density at radius 1 is 1.25 bits per heavy atom. The van der Waals surface area contributed by atoms with Gasteiger partial charge in [-0.1, -0.05) is 18.7 Å². The third-order valence-corrected chi connectivity index (χ3v) is 5.72. The predicted molar refractivity (Wildman–Crippen MR) is 141 cm³/mol. The quantitative estimate of drug-likeness (QED) is 0.320. The number of rotatable bonds is 9. The van der Waals surface area contributed by atoms with Crippen molar-refractivity contribution in [2.45, 2.75) is 20.8 Å². The monoisotopic (exact) mass is 491 g/mol. The van der Waals surface area contributed by atoms with E-state index in [0.717, 1.165) is 16.7 Å². The van der Waals surface area contributed by atoms with Gasteiger partial charge in [-0.25, -0.2) is 18.7 Å².